The lowest BCUT2D eigenvalue weighted by molar-refractivity contribution is 0.0578. The van der Waals surface area contributed by atoms with E-state index in [0.29, 0.717) is 18.7 Å². The third-order valence-corrected chi connectivity index (χ3v) is 2.28. The molecule has 94 valence electrons. The Balaban J connectivity index is 2.46. The van der Waals surface area contributed by atoms with Crippen LogP contribution in [0.5, 0.6) is 0 Å². The molecule has 17 heavy (non-hydrogen) atoms. The van der Waals surface area contributed by atoms with Crippen LogP contribution in [0.1, 0.15) is 10.4 Å². The first-order chi connectivity index (χ1) is 8.15. The molecule has 0 aliphatic carbocycles. The largest absolute Gasteiger partial charge is 0.378 e. The van der Waals surface area contributed by atoms with Gasteiger partial charge in [0, 0.05) is 38.9 Å². The minimum Gasteiger partial charge on any atom is -0.378 e. The van der Waals surface area contributed by atoms with Crippen LogP contribution in [0, 0.1) is 0 Å². The lowest BCUT2D eigenvalue weighted by Gasteiger charge is -2.12. The van der Waals surface area contributed by atoms with Gasteiger partial charge in [-0.2, -0.15) is 0 Å². The quantitative estimate of drug-likeness (QED) is 0.563. The molecule has 0 aliphatic heterocycles. The highest BCUT2D eigenvalue weighted by Gasteiger charge is 2.04. The zero-order valence-electron chi connectivity index (χ0n) is 10.5. The Labute approximate surface area is 102 Å². The number of rotatable bonds is 6. The highest BCUT2D eigenvalue weighted by molar-refractivity contribution is 5.94. The minimum absolute atomic E-state index is 0.0880. The molecule has 5 heteroatoms. The monoisotopic (exact) mass is 237 g/mol. The van der Waals surface area contributed by atoms with Crippen molar-refractivity contribution in [2.75, 3.05) is 39.2 Å². The van der Waals surface area contributed by atoms with Crippen molar-refractivity contribution in [3.63, 3.8) is 0 Å². The van der Waals surface area contributed by atoms with Gasteiger partial charge in [0.1, 0.15) is 0 Å². The fraction of sp³-hybridized carbons (Fsp3) is 0.417. The van der Waals surface area contributed by atoms with Gasteiger partial charge in [-0.25, -0.2) is 5.48 Å². The second-order valence-corrected chi connectivity index (χ2v) is 3.75. The number of nitrogens with zero attached hydrogens (tertiary/aromatic N) is 1. The summed E-state index contributed by atoms with van der Waals surface area (Å²) >= 11 is 0. The Bertz CT molecular complexity index is 349. The predicted octanol–water partition coefficient (Wildman–Crippen LogP) is 0.633. The van der Waals surface area contributed by atoms with E-state index in [2.05, 4.69) is 10.8 Å². The zero-order chi connectivity index (χ0) is 12.7. The van der Waals surface area contributed by atoms with Gasteiger partial charge < -0.3 is 15.1 Å². The van der Waals surface area contributed by atoms with E-state index in [1.54, 1.807) is 7.05 Å². The Morgan fingerprint density at radius 2 is 1.94 bits per heavy atom. The molecule has 0 aromatic heterocycles. The summed E-state index contributed by atoms with van der Waals surface area (Å²) in [5.74, 6) is -0.0880. The number of nitrogens with one attached hydrogen (secondary N) is 2. The SMILES string of the molecule is CNOCCNC(=O)c1ccc(N(C)C)cc1. The van der Waals surface area contributed by atoms with Gasteiger partial charge in [0.15, 0.2) is 0 Å². The molecule has 0 saturated heterocycles. The standard InChI is InChI=1S/C12H19N3O2/c1-13-17-9-8-14-12(16)10-4-6-11(7-5-10)15(2)3/h4-7,13H,8-9H2,1-3H3,(H,14,16). The van der Waals surface area contributed by atoms with Crippen LogP contribution >= 0.6 is 0 Å². The maximum Gasteiger partial charge on any atom is 0.251 e. The van der Waals surface area contributed by atoms with Crippen molar-refractivity contribution < 1.29 is 9.63 Å². The summed E-state index contributed by atoms with van der Waals surface area (Å²) in [7, 11) is 5.61. The summed E-state index contributed by atoms with van der Waals surface area (Å²) in [6, 6.07) is 7.45. The molecule has 1 aromatic rings. The first-order valence-electron chi connectivity index (χ1n) is 5.49. The van der Waals surface area contributed by atoms with E-state index in [1.807, 2.05) is 43.3 Å². The van der Waals surface area contributed by atoms with Crippen molar-refractivity contribution in [2.24, 2.45) is 0 Å². The van der Waals surface area contributed by atoms with Crippen molar-refractivity contribution in [1.82, 2.24) is 10.8 Å². The fourth-order valence-corrected chi connectivity index (χ4v) is 1.33. The van der Waals surface area contributed by atoms with Gasteiger partial charge in [-0.3, -0.25) is 4.79 Å². The van der Waals surface area contributed by atoms with Gasteiger partial charge in [-0.05, 0) is 24.3 Å². The number of carbonyl (C=O) groups excluding carboxylic acids is 1. The van der Waals surface area contributed by atoms with Gasteiger partial charge in [0.2, 0.25) is 0 Å². The summed E-state index contributed by atoms with van der Waals surface area (Å²) in [5, 5.41) is 2.76. The van der Waals surface area contributed by atoms with Crippen LogP contribution in [-0.2, 0) is 4.84 Å². The number of benzene rings is 1. The molecule has 1 amide bonds. The lowest BCUT2D eigenvalue weighted by Crippen LogP contribution is -2.28. The van der Waals surface area contributed by atoms with E-state index in [4.69, 9.17) is 4.84 Å². The second kappa shape index (κ2) is 6.88. The average molecular weight is 237 g/mol. The number of amides is 1. The molecule has 0 heterocycles. The number of hydroxylamine groups is 1. The molecule has 0 aliphatic rings. The summed E-state index contributed by atoms with van der Waals surface area (Å²) in [6.45, 7) is 0.924. The number of anilines is 1. The van der Waals surface area contributed by atoms with E-state index < -0.39 is 0 Å². The Hall–Kier alpha value is -1.59. The van der Waals surface area contributed by atoms with Gasteiger partial charge in [-0.1, -0.05) is 0 Å². The van der Waals surface area contributed by atoms with Crippen LogP contribution < -0.4 is 15.7 Å². The Kier molecular flexibility index (Phi) is 5.45. The third-order valence-electron chi connectivity index (χ3n) is 2.28. The van der Waals surface area contributed by atoms with Gasteiger partial charge >= 0.3 is 0 Å². The van der Waals surface area contributed by atoms with Crippen LogP contribution in [0.3, 0.4) is 0 Å². The van der Waals surface area contributed by atoms with Crippen LogP contribution in [-0.4, -0.2) is 40.2 Å². The molecule has 1 aromatic carbocycles. The maximum atomic E-state index is 11.7. The highest BCUT2D eigenvalue weighted by atomic mass is 16.6. The highest BCUT2D eigenvalue weighted by Crippen LogP contribution is 2.11. The Morgan fingerprint density at radius 1 is 1.29 bits per heavy atom. The summed E-state index contributed by atoms with van der Waals surface area (Å²) in [6.07, 6.45) is 0. The molecule has 0 saturated carbocycles. The van der Waals surface area contributed by atoms with E-state index in [-0.39, 0.29) is 5.91 Å². The zero-order valence-corrected chi connectivity index (χ0v) is 10.5. The third kappa shape index (κ3) is 4.42. The minimum atomic E-state index is -0.0880. The van der Waals surface area contributed by atoms with Crippen molar-refractivity contribution in [1.29, 1.82) is 0 Å². The number of carbonyl (C=O) groups is 1. The second-order valence-electron chi connectivity index (χ2n) is 3.75. The maximum absolute atomic E-state index is 11.7. The average Bonchev–Trinajstić information content (AvgIpc) is 2.34. The van der Waals surface area contributed by atoms with E-state index >= 15 is 0 Å². The van der Waals surface area contributed by atoms with Crippen molar-refractivity contribution >= 4 is 11.6 Å². The molecule has 0 bridgehead atoms. The van der Waals surface area contributed by atoms with E-state index in [9.17, 15) is 4.79 Å². The van der Waals surface area contributed by atoms with Crippen molar-refractivity contribution in [3.8, 4) is 0 Å². The van der Waals surface area contributed by atoms with E-state index in [0.717, 1.165) is 5.69 Å². The fourth-order valence-electron chi connectivity index (χ4n) is 1.33. The molecular weight excluding hydrogens is 218 g/mol. The summed E-state index contributed by atoms with van der Waals surface area (Å²) in [4.78, 5) is 18.6. The van der Waals surface area contributed by atoms with Gasteiger partial charge in [0.25, 0.3) is 5.91 Å². The summed E-state index contributed by atoms with van der Waals surface area (Å²) in [5.41, 5.74) is 4.27. The van der Waals surface area contributed by atoms with Gasteiger partial charge in [-0.15, -0.1) is 0 Å². The molecule has 0 fully saturated rings. The van der Waals surface area contributed by atoms with E-state index in [1.165, 1.54) is 0 Å². The summed E-state index contributed by atoms with van der Waals surface area (Å²) < 4.78 is 0. The number of hydrogen-bond donors (Lipinski definition) is 2. The normalized spacial score (nSPS) is 10.1. The van der Waals surface area contributed by atoms with Gasteiger partial charge in [0.05, 0.1) is 6.61 Å². The number of hydrogen-bond acceptors (Lipinski definition) is 4. The molecule has 1 rings (SSSR count). The Morgan fingerprint density at radius 3 is 2.47 bits per heavy atom. The molecule has 0 spiro atoms. The van der Waals surface area contributed by atoms with Crippen molar-refractivity contribution in [2.45, 2.75) is 0 Å². The van der Waals surface area contributed by atoms with Crippen LogP contribution in [0.4, 0.5) is 5.69 Å². The van der Waals surface area contributed by atoms with Crippen LogP contribution in [0.15, 0.2) is 24.3 Å². The molecular formula is C12H19N3O2. The first kappa shape index (κ1) is 13.5. The van der Waals surface area contributed by atoms with Crippen LogP contribution in [0.25, 0.3) is 0 Å². The lowest BCUT2D eigenvalue weighted by atomic mass is 10.2. The molecule has 0 atom stereocenters. The predicted molar refractivity (Wildman–Crippen MR) is 68.1 cm³/mol. The molecule has 2 N–H and O–H groups in total. The first-order valence-corrected chi connectivity index (χ1v) is 5.49. The topological polar surface area (TPSA) is 53.6 Å². The van der Waals surface area contributed by atoms with Crippen LogP contribution in [0.2, 0.25) is 0 Å². The molecule has 5 nitrogen and oxygen atoms in total. The molecule has 0 radical (unpaired) electrons. The molecule has 0 unspecified atom stereocenters. The van der Waals surface area contributed by atoms with Crippen molar-refractivity contribution in [3.05, 3.63) is 29.8 Å². The smallest absolute Gasteiger partial charge is 0.251 e.